The van der Waals surface area contributed by atoms with Crippen LogP contribution in [0.5, 0.6) is 0 Å². The Bertz CT molecular complexity index is 1220. The summed E-state index contributed by atoms with van der Waals surface area (Å²) in [5.41, 5.74) is 1.34. The van der Waals surface area contributed by atoms with Crippen molar-refractivity contribution in [2.24, 2.45) is 4.99 Å². The second kappa shape index (κ2) is 12.1. The van der Waals surface area contributed by atoms with Crippen LogP contribution in [0.25, 0.3) is 0 Å². The van der Waals surface area contributed by atoms with Gasteiger partial charge in [0.1, 0.15) is 6.04 Å². The van der Waals surface area contributed by atoms with Gasteiger partial charge in [0.2, 0.25) is 10.0 Å². The number of nitrogens with one attached hydrogen (secondary N) is 4. The summed E-state index contributed by atoms with van der Waals surface area (Å²) in [7, 11) is -4.05. The Kier molecular flexibility index (Phi) is 8.62. The van der Waals surface area contributed by atoms with Crippen LogP contribution in [0.3, 0.4) is 0 Å². The van der Waals surface area contributed by atoms with Gasteiger partial charge in [-0.3, -0.25) is 14.6 Å². The van der Waals surface area contributed by atoms with Crippen LogP contribution in [0.1, 0.15) is 29.6 Å². The van der Waals surface area contributed by atoms with Crippen LogP contribution in [0.4, 0.5) is 5.69 Å². The SMILES string of the molecule is O=C(NC[C@@H](NS(=O)(=O)c1ccccc1)C(=O)O)c1ccc(N2CCCC(NC3=NCCCN3)C2)cc1. The second-order valence-electron chi connectivity index (χ2n) is 9.02. The molecule has 2 aromatic rings. The van der Waals surface area contributed by atoms with Crippen molar-refractivity contribution >= 4 is 33.5 Å². The molecule has 1 amide bonds. The summed E-state index contributed by atoms with van der Waals surface area (Å²) in [6.07, 6.45) is 3.13. The smallest absolute Gasteiger partial charge is 0.323 e. The van der Waals surface area contributed by atoms with E-state index < -0.39 is 34.5 Å². The van der Waals surface area contributed by atoms with Gasteiger partial charge in [-0.25, -0.2) is 8.42 Å². The molecule has 4 rings (SSSR count). The first-order chi connectivity index (χ1) is 17.8. The van der Waals surface area contributed by atoms with Gasteiger partial charge in [-0.15, -0.1) is 0 Å². The fraction of sp³-hybridized carbons (Fsp3) is 0.400. The summed E-state index contributed by atoms with van der Waals surface area (Å²) in [6.45, 7) is 3.08. The topological polar surface area (TPSA) is 152 Å². The predicted octanol–water partition coefficient (Wildman–Crippen LogP) is 0.756. The second-order valence-corrected chi connectivity index (χ2v) is 10.7. The number of nitrogens with zero attached hydrogens (tertiary/aromatic N) is 2. The minimum Gasteiger partial charge on any atom is -0.480 e. The van der Waals surface area contributed by atoms with Crippen LogP contribution in [-0.4, -0.2) is 76.2 Å². The van der Waals surface area contributed by atoms with Gasteiger partial charge in [0, 0.05) is 50.0 Å². The first-order valence-corrected chi connectivity index (χ1v) is 13.8. The molecule has 1 unspecified atom stereocenters. The molecule has 5 N–H and O–H groups in total. The van der Waals surface area contributed by atoms with Crippen LogP contribution in [-0.2, 0) is 14.8 Å². The Labute approximate surface area is 216 Å². The number of carbonyl (C=O) groups is 2. The van der Waals surface area contributed by atoms with Crippen molar-refractivity contribution in [2.75, 3.05) is 37.6 Å². The van der Waals surface area contributed by atoms with E-state index in [9.17, 15) is 23.1 Å². The number of hydrogen-bond donors (Lipinski definition) is 5. The molecule has 0 saturated carbocycles. The van der Waals surface area contributed by atoms with E-state index in [1.807, 2.05) is 12.1 Å². The zero-order valence-corrected chi connectivity index (χ0v) is 21.2. The number of carboxylic acid groups (broad SMARTS) is 1. The Balaban J connectivity index is 1.32. The number of aliphatic imine (C=N–C) groups is 1. The third-order valence-electron chi connectivity index (χ3n) is 6.27. The number of aliphatic carboxylic acids is 1. The van der Waals surface area contributed by atoms with Crippen molar-refractivity contribution in [1.82, 2.24) is 20.7 Å². The van der Waals surface area contributed by atoms with E-state index >= 15 is 0 Å². The summed E-state index contributed by atoms with van der Waals surface area (Å²) < 4.78 is 27.1. The molecule has 1 saturated heterocycles. The summed E-state index contributed by atoms with van der Waals surface area (Å²) >= 11 is 0. The lowest BCUT2D eigenvalue weighted by Crippen LogP contribution is -2.52. The van der Waals surface area contributed by atoms with E-state index in [1.165, 1.54) is 12.1 Å². The van der Waals surface area contributed by atoms with Crippen molar-refractivity contribution < 1.29 is 23.1 Å². The standard InChI is InChI=1S/C25H32N6O5S/c32-23(28-16-22(24(33)34)30-37(35,36)21-7-2-1-3-8-21)18-9-11-20(12-10-18)31-15-4-6-19(17-31)29-25-26-13-5-14-27-25/h1-3,7-12,19,22,30H,4-6,13-17H2,(H,28,32)(H,33,34)(H2,26,27,29)/t19?,22-/m1/s1. The van der Waals surface area contributed by atoms with Crippen molar-refractivity contribution in [3.8, 4) is 0 Å². The lowest BCUT2D eigenvalue weighted by Gasteiger charge is -2.35. The molecule has 0 bridgehead atoms. The third-order valence-corrected chi connectivity index (χ3v) is 7.76. The van der Waals surface area contributed by atoms with Crippen molar-refractivity contribution in [3.05, 3.63) is 60.2 Å². The maximum atomic E-state index is 12.6. The number of piperidine rings is 1. The molecule has 2 aliphatic heterocycles. The van der Waals surface area contributed by atoms with Gasteiger partial charge in [-0.1, -0.05) is 18.2 Å². The molecule has 0 radical (unpaired) electrons. The highest BCUT2D eigenvalue weighted by molar-refractivity contribution is 7.89. The first-order valence-electron chi connectivity index (χ1n) is 12.3. The van der Waals surface area contributed by atoms with Crippen LogP contribution in [0, 0.1) is 0 Å². The monoisotopic (exact) mass is 528 g/mol. The van der Waals surface area contributed by atoms with E-state index in [0.29, 0.717) is 5.56 Å². The third kappa shape index (κ3) is 7.20. The van der Waals surface area contributed by atoms with E-state index in [0.717, 1.165) is 57.1 Å². The maximum absolute atomic E-state index is 12.6. The maximum Gasteiger partial charge on any atom is 0.323 e. The Hall–Kier alpha value is -3.64. The summed E-state index contributed by atoms with van der Waals surface area (Å²) in [5.74, 6) is -1.02. The fourth-order valence-corrected chi connectivity index (χ4v) is 5.52. The molecule has 2 heterocycles. The number of carboxylic acids is 1. The minimum absolute atomic E-state index is 0.0543. The van der Waals surface area contributed by atoms with E-state index in [1.54, 1.807) is 30.3 Å². The number of sulfonamides is 1. The molecule has 198 valence electrons. The lowest BCUT2D eigenvalue weighted by atomic mass is 10.0. The van der Waals surface area contributed by atoms with E-state index in [-0.39, 0.29) is 10.9 Å². The Morgan fingerprint density at radius 1 is 1.11 bits per heavy atom. The Morgan fingerprint density at radius 3 is 2.54 bits per heavy atom. The van der Waals surface area contributed by atoms with Crippen molar-refractivity contribution in [1.29, 1.82) is 0 Å². The highest BCUT2D eigenvalue weighted by Gasteiger charge is 2.26. The molecule has 0 spiro atoms. The fourth-order valence-electron chi connectivity index (χ4n) is 4.31. The van der Waals surface area contributed by atoms with Crippen LogP contribution in [0.2, 0.25) is 0 Å². The van der Waals surface area contributed by atoms with Crippen LogP contribution in [0.15, 0.2) is 64.5 Å². The van der Waals surface area contributed by atoms with Gasteiger partial charge in [-0.05, 0) is 55.7 Å². The molecule has 2 aromatic carbocycles. The number of rotatable bonds is 9. The average molecular weight is 529 g/mol. The summed E-state index contributed by atoms with van der Waals surface area (Å²) in [5, 5.41) is 18.8. The van der Waals surface area contributed by atoms with Gasteiger partial charge in [0.05, 0.1) is 4.90 Å². The number of benzene rings is 2. The molecule has 12 heteroatoms. The predicted molar refractivity (Wildman–Crippen MR) is 140 cm³/mol. The molecule has 1 fully saturated rings. The zero-order valence-electron chi connectivity index (χ0n) is 20.4. The zero-order chi connectivity index (χ0) is 26.3. The van der Waals surface area contributed by atoms with Crippen molar-refractivity contribution in [3.63, 3.8) is 0 Å². The van der Waals surface area contributed by atoms with E-state index in [2.05, 4.69) is 30.6 Å². The summed E-state index contributed by atoms with van der Waals surface area (Å²) in [4.78, 5) is 31.0. The van der Waals surface area contributed by atoms with Gasteiger partial charge in [0.15, 0.2) is 5.96 Å². The number of amides is 1. The first kappa shape index (κ1) is 26.4. The number of guanidine groups is 1. The number of hydrogen-bond acceptors (Lipinski definition) is 8. The molecule has 2 aliphatic rings. The van der Waals surface area contributed by atoms with Crippen molar-refractivity contribution in [2.45, 2.75) is 36.2 Å². The minimum atomic E-state index is -4.05. The highest BCUT2D eigenvalue weighted by atomic mass is 32.2. The number of carbonyl (C=O) groups excluding carboxylic acids is 1. The largest absolute Gasteiger partial charge is 0.480 e. The lowest BCUT2D eigenvalue weighted by molar-refractivity contribution is -0.138. The average Bonchev–Trinajstić information content (AvgIpc) is 2.92. The number of anilines is 1. The van der Waals surface area contributed by atoms with Crippen LogP contribution >= 0.6 is 0 Å². The molecule has 0 aliphatic carbocycles. The molecule has 2 atom stereocenters. The normalized spacial score (nSPS) is 18.8. The summed E-state index contributed by atoms with van der Waals surface area (Å²) in [6, 6.07) is 13.3. The van der Waals surface area contributed by atoms with E-state index in [4.69, 9.17) is 0 Å². The molecular weight excluding hydrogens is 496 g/mol. The molecule has 11 nitrogen and oxygen atoms in total. The molecular formula is C25H32N6O5S. The molecule has 0 aromatic heterocycles. The quantitative estimate of drug-likeness (QED) is 0.320. The Morgan fingerprint density at radius 2 is 1.86 bits per heavy atom. The van der Waals surface area contributed by atoms with Gasteiger partial charge in [-0.2, -0.15) is 4.72 Å². The van der Waals surface area contributed by atoms with Gasteiger partial charge < -0.3 is 26.0 Å². The van der Waals surface area contributed by atoms with Crippen LogP contribution < -0.4 is 25.6 Å². The van der Waals surface area contributed by atoms with Gasteiger partial charge in [0.25, 0.3) is 5.91 Å². The molecule has 37 heavy (non-hydrogen) atoms. The van der Waals surface area contributed by atoms with Gasteiger partial charge >= 0.3 is 5.97 Å². The highest BCUT2D eigenvalue weighted by Crippen LogP contribution is 2.21.